The fourth-order valence-corrected chi connectivity index (χ4v) is 3.35. The summed E-state index contributed by atoms with van der Waals surface area (Å²) in [6.45, 7) is 4.54. The van der Waals surface area contributed by atoms with E-state index in [0.717, 1.165) is 43.5 Å². The van der Waals surface area contributed by atoms with Gasteiger partial charge in [0.05, 0.1) is 6.54 Å². The Morgan fingerprint density at radius 1 is 1.22 bits per heavy atom. The maximum atomic E-state index is 5.12. The van der Waals surface area contributed by atoms with E-state index >= 15 is 0 Å². The number of halogens is 1. The summed E-state index contributed by atoms with van der Waals surface area (Å²) < 4.78 is 7.12. The SMILES string of the molecule is CCCCCCCCCNC(=NC)NC1CCc2nc(COC)nn2C1.I. The molecule has 156 valence electrons. The van der Waals surface area contributed by atoms with Gasteiger partial charge in [0.2, 0.25) is 0 Å². The standard InChI is InChI=1S/C19H36N6O.HI/c1-4-5-6-7-8-9-10-13-21-19(20-2)22-16-11-12-18-23-17(15-26-3)24-25(18)14-16;/h16H,4-15H2,1-3H3,(H2,20,21,22);1H. The summed E-state index contributed by atoms with van der Waals surface area (Å²) in [7, 11) is 3.51. The Bertz CT molecular complexity index is 548. The first-order valence-corrected chi connectivity index (χ1v) is 10.2. The van der Waals surface area contributed by atoms with E-state index < -0.39 is 0 Å². The van der Waals surface area contributed by atoms with E-state index in [1.807, 2.05) is 11.7 Å². The zero-order valence-corrected chi connectivity index (χ0v) is 19.5. The highest BCUT2D eigenvalue weighted by Gasteiger charge is 2.22. The third-order valence-electron chi connectivity index (χ3n) is 4.81. The maximum Gasteiger partial charge on any atom is 0.191 e. The van der Waals surface area contributed by atoms with Gasteiger partial charge in [-0.15, -0.1) is 24.0 Å². The Kier molecular flexibility index (Phi) is 12.6. The number of nitrogens with zero attached hydrogens (tertiary/aromatic N) is 4. The molecular formula is C19H37IN6O. The Morgan fingerprint density at radius 2 is 1.96 bits per heavy atom. The van der Waals surface area contributed by atoms with Crippen LogP contribution >= 0.6 is 24.0 Å². The van der Waals surface area contributed by atoms with Crippen molar-refractivity contribution in [3.05, 3.63) is 11.6 Å². The van der Waals surface area contributed by atoms with Crippen LogP contribution in [0.15, 0.2) is 4.99 Å². The van der Waals surface area contributed by atoms with Crippen LogP contribution in [0.2, 0.25) is 0 Å². The highest BCUT2D eigenvalue weighted by atomic mass is 127. The lowest BCUT2D eigenvalue weighted by molar-refractivity contribution is 0.177. The molecule has 2 rings (SSSR count). The first kappa shape index (κ1) is 24.1. The van der Waals surface area contributed by atoms with E-state index in [9.17, 15) is 0 Å². The summed E-state index contributed by atoms with van der Waals surface area (Å²) in [4.78, 5) is 8.88. The molecular weight excluding hydrogens is 455 g/mol. The molecule has 1 unspecified atom stereocenters. The van der Waals surface area contributed by atoms with Gasteiger partial charge in [-0.25, -0.2) is 9.67 Å². The van der Waals surface area contributed by atoms with E-state index in [2.05, 4.69) is 32.6 Å². The lowest BCUT2D eigenvalue weighted by atomic mass is 10.1. The van der Waals surface area contributed by atoms with Gasteiger partial charge in [0, 0.05) is 33.2 Å². The molecule has 0 saturated heterocycles. The van der Waals surface area contributed by atoms with E-state index in [1.54, 1.807) is 7.11 Å². The number of nitrogens with one attached hydrogen (secondary N) is 2. The molecule has 2 N–H and O–H groups in total. The van der Waals surface area contributed by atoms with Gasteiger partial charge in [-0.3, -0.25) is 4.99 Å². The van der Waals surface area contributed by atoms with Crippen LogP contribution in [0.3, 0.4) is 0 Å². The smallest absolute Gasteiger partial charge is 0.191 e. The average Bonchev–Trinajstić information content (AvgIpc) is 3.04. The number of hydrogen-bond donors (Lipinski definition) is 2. The van der Waals surface area contributed by atoms with E-state index in [4.69, 9.17) is 4.74 Å². The molecule has 0 aromatic carbocycles. The number of hydrogen-bond acceptors (Lipinski definition) is 4. The van der Waals surface area contributed by atoms with Crippen molar-refractivity contribution >= 4 is 29.9 Å². The quantitative estimate of drug-likeness (QED) is 0.215. The zero-order valence-electron chi connectivity index (χ0n) is 17.2. The average molecular weight is 492 g/mol. The lowest BCUT2D eigenvalue weighted by Gasteiger charge is -2.25. The molecule has 0 spiro atoms. The predicted molar refractivity (Wildman–Crippen MR) is 121 cm³/mol. The normalized spacial score (nSPS) is 16.6. The molecule has 0 aliphatic carbocycles. The van der Waals surface area contributed by atoms with Crippen molar-refractivity contribution in [3.63, 3.8) is 0 Å². The third-order valence-corrected chi connectivity index (χ3v) is 4.81. The second-order valence-corrected chi connectivity index (χ2v) is 7.06. The highest BCUT2D eigenvalue weighted by molar-refractivity contribution is 14.0. The Balaban J connectivity index is 0.00000364. The summed E-state index contributed by atoms with van der Waals surface area (Å²) in [6, 6.07) is 0.333. The van der Waals surface area contributed by atoms with Crippen molar-refractivity contribution in [1.82, 2.24) is 25.4 Å². The summed E-state index contributed by atoms with van der Waals surface area (Å²) in [5.74, 6) is 2.72. The number of fused-ring (bicyclic) bond motifs is 1. The largest absolute Gasteiger partial charge is 0.377 e. The summed E-state index contributed by atoms with van der Waals surface area (Å²) in [5.41, 5.74) is 0. The number of ether oxygens (including phenoxy) is 1. The molecule has 0 saturated carbocycles. The van der Waals surface area contributed by atoms with Crippen LogP contribution in [-0.4, -0.2) is 47.5 Å². The van der Waals surface area contributed by atoms with Gasteiger partial charge < -0.3 is 15.4 Å². The summed E-state index contributed by atoms with van der Waals surface area (Å²) in [5, 5.41) is 11.5. The molecule has 1 atom stereocenters. The molecule has 0 amide bonds. The van der Waals surface area contributed by atoms with Crippen molar-refractivity contribution in [3.8, 4) is 0 Å². The van der Waals surface area contributed by atoms with Crippen molar-refractivity contribution in [2.75, 3.05) is 20.7 Å². The first-order chi connectivity index (χ1) is 12.8. The molecule has 1 aromatic rings. The van der Waals surface area contributed by atoms with Gasteiger partial charge in [-0.05, 0) is 12.8 Å². The number of guanidine groups is 1. The topological polar surface area (TPSA) is 76.4 Å². The fourth-order valence-electron chi connectivity index (χ4n) is 3.35. The molecule has 7 nitrogen and oxygen atoms in total. The molecule has 0 fully saturated rings. The number of unbranched alkanes of at least 4 members (excludes halogenated alkanes) is 6. The summed E-state index contributed by atoms with van der Waals surface area (Å²) in [6.07, 6.45) is 11.2. The predicted octanol–water partition coefficient (Wildman–Crippen LogP) is 3.27. The van der Waals surface area contributed by atoms with E-state index in [0.29, 0.717) is 12.6 Å². The Labute approximate surface area is 181 Å². The van der Waals surface area contributed by atoms with Crippen LogP contribution in [0, 0.1) is 0 Å². The number of methoxy groups -OCH3 is 1. The number of rotatable bonds is 11. The van der Waals surface area contributed by atoms with Crippen LogP contribution in [-0.2, 0) is 24.3 Å². The second-order valence-electron chi connectivity index (χ2n) is 7.06. The van der Waals surface area contributed by atoms with Crippen LogP contribution < -0.4 is 10.6 Å². The van der Waals surface area contributed by atoms with Crippen molar-refractivity contribution in [1.29, 1.82) is 0 Å². The van der Waals surface area contributed by atoms with Crippen molar-refractivity contribution in [2.24, 2.45) is 4.99 Å². The molecule has 27 heavy (non-hydrogen) atoms. The number of aliphatic imine (C=N–C) groups is 1. The molecule has 0 radical (unpaired) electrons. The van der Waals surface area contributed by atoms with E-state index in [-0.39, 0.29) is 24.0 Å². The van der Waals surface area contributed by atoms with Gasteiger partial charge in [0.1, 0.15) is 12.4 Å². The van der Waals surface area contributed by atoms with Crippen LogP contribution in [0.1, 0.15) is 69.9 Å². The Morgan fingerprint density at radius 3 is 2.67 bits per heavy atom. The van der Waals surface area contributed by atoms with Gasteiger partial charge in [0.25, 0.3) is 0 Å². The number of aromatic nitrogens is 3. The van der Waals surface area contributed by atoms with E-state index in [1.165, 1.54) is 44.9 Å². The molecule has 1 aliphatic rings. The molecule has 2 heterocycles. The monoisotopic (exact) mass is 492 g/mol. The highest BCUT2D eigenvalue weighted by Crippen LogP contribution is 2.13. The lowest BCUT2D eigenvalue weighted by Crippen LogP contribution is -2.47. The number of aryl methyl sites for hydroxylation is 1. The van der Waals surface area contributed by atoms with Gasteiger partial charge >= 0.3 is 0 Å². The van der Waals surface area contributed by atoms with Crippen LogP contribution in [0.25, 0.3) is 0 Å². The van der Waals surface area contributed by atoms with Crippen LogP contribution in [0.4, 0.5) is 0 Å². The van der Waals surface area contributed by atoms with Gasteiger partial charge in [0.15, 0.2) is 11.8 Å². The van der Waals surface area contributed by atoms with Gasteiger partial charge in [-0.2, -0.15) is 5.10 Å². The van der Waals surface area contributed by atoms with Crippen molar-refractivity contribution in [2.45, 2.75) is 83.9 Å². The molecule has 1 aliphatic heterocycles. The minimum Gasteiger partial charge on any atom is -0.377 e. The van der Waals surface area contributed by atoms with Crippen molar-refractivity contribution < 1.29 is 4.74 Å². The molecule has 1 aromatic heterocycles. The maximum absolute atomic E-state index is 5.12. The fraction of sp³-hybridized carbons (Fsp3) is 0.842. The van der Waals surface area contributed by atoms with Crippen LogP contribution in [0.5, 0.6) is 0 Å². The summed E-state index contributed by atoms with van der Waals surface area (Å²) >= 11 is 0. The minimum absolute atomic E-state index is 0. The first-order valence-electron chi connectivity index (χ1n) is 10.2. The molecule has 0 bridgehead atoms. The zero-order chi connectivity index (χ0) is 18.6. The third kappa shape index (κ3) is 8.76. The molecule has 8 heteroatoms. The van der Waals surface area contributed by atoms with Gasteiger partial charge in [-0.1, -0.05) is 45.4 Å². The second kappa shape index (κ2) is 14.1. The Hall–Kier alpha value is -0.900. The minimum atomic E-state index is 0.